The van der Waals surface area contributed by atoms with Gasteiger partial charge in [-0.05, 0) is 78.5 Å². The maximum Gasteiger partial charge on any atom is 0.223 e. The Morgan fingerprint density at radius 3 is 2.54 bits per heavy atom. The number of carbonyl (C=O) groups excluding carboxylic acids is 1. The van der Waals surface area contributed by atoms with E-state index in [2.05, 4.69) is 36.5 Å². The van der Waals surface area contributed by atoms with E-state index >= 15 is 0 Å². The third-order valence-corrected chi connectivity index (χ3v) is 6.35. The summed E-state index contributed by atoms with van der Waals surface area (Å²) in [5.41, 5.74) is 4.39. The second kappa shape index (κ2) is 6.78. The van der Waals surface area contributed by atoms with Crippen LogP contribution in [0, 0.1) is 30.1 Å². The topological polar surface area (TPSA) is 52.9 Å². The highest BCUT2D eigenvalue weighted by Crippen LogP contribution is 2.51. The van der Waals surface area contributed by atoms with Gasteiger partial charge in [0.15, 0.2) is 0 Å². The quantitative estimate of drug-likeness (QED) is 0.850. The number of amides is 1. The van der Waals surface area contributed by atoms with E-state index < -0.39 is 0 Å². The molecule has 1 heterocycles. The SMILES string of the molecule is Cc1cc(C#N)ccc1C1CCC2C(=O)NCC2C1c1ccc(Cl)cc1. The van der Waals surface area contributed by atoms with Crippen molar-refractivity contribution in [3.05, 3.63) is 69.7 Å². The molecule has 4 heteroatoms. The molecule has 132 valence electrons. The summed E-state index contributed by atoms with van der Waals surface area (Å²) in [7, 11) is 0. The Morgan fingerprint density at radius 2 is 1.85 bits per heavy atom. The number of fused-ring (bicyclic) bond motifs is 1. The molecule has 26 heavy (non-hydrogen) atoms. The van der Waals surface area contributed by atoms with Crippen molar-refractivity contribution in [3.8, 4) is 6.07 Å². The summed E-state index contributed by atoms with van der Waals surface area (Å²) in [4.78, 5) is 12.3. The predicted molar refractivity (Wildman–Crippen MR) is 102 cm³/mol. The van der Waals surface area contributed by atoms with Crippen LogP contribution in [-0.4, -0.2) is 12.5 Å². The molecule has 2 aromatic carbocycles. The number of nitrogens with one attached hydrogen (secondary N) is 1. The van der Waals surface area contributed by atoms with Gasteiger partial charge in [-0.15, -0.1) is 0 Å². The Kier molecular flexibility index (Phi) is 4.46. The van der Waals surface area contributed by atoms with Crippen LogP contribution in [0.25, 0.3) is 0 Å². The monoisotopic (exact) mass is 364 g/mol. The van der Waals surface area contributed by atoms with Crippen LogP contribution < -0.4 is 5.32 Å². The molecule has 2 fully saturated rings. The number of carbonyl (C=O) groups is 1. The zero-order chi connectivity index (χ0) is 18.3. The number of halogens is 1. The predicted octanol–water partition coefficient (Wildman–Crippen LogP) is 4.54. The third kappa shape index (κ3) is 2.89. The zero-order valence-electron chi connectivity index (χ0n) is 14.7. The maximum atomic E-state index is 12.3. The van der Waals surface area contributed by atoms with Crippen LogP contribution in [-0.2, 0) is 4.79 Å². The third-order valence-electron chi connectivity index (χ3n) is 6.10. The number of nitriles is 1. The van der Waals surface area contributed by atoms with E-state index in [0.29, 0.717) is 17.4 Å². The number of hydrogen-bond acceptors (Lipinski definition) is 2. The Morgan fingerprint density at radius 1 is 1.12 bits per heavy atom. The Labute approximate surface area is 159 Å². The lowest BCUT2D eigenvalue weighted by Crippen LogP contribution is -2.32. The molecular formula is C22H21ClN2O. The summed E-state index contributed by atoms with van der Waals surface area (Å²) >= 11 is 6.10. The molecule has 0 bridgehead atoms. The largest absolute Gasteiger partial charge is 0.356 e. The molecule has 0 spiro atoms. The minimum absolute atomic E-state index is 0.102. The van der Waals surface area contributed by atoms with Crippen molar-refractivity contribution in [3.63, 3.8) is 0 Å². The zero-order valence-corrected chi connectivity index (χ0v) is 15.5. The molecule has 4 atom stereocenters. The van der Waals surface area contributed by atoms with E-state index in [9.17, 15) is 4.79 Å². The van der Waals surface area contributed by atoms with Gasteiger partial charge in [0.1, 0.15) is 0 Å². The van der Waals surface area contributed by atoms with Crippen LogP contribution in [0.2, 0.25) is 5.02 Å². The summed E-state index contributed by atoms with van der Waals surface area (Å²) in [6.45, 7) is 2.82. The van der Waals surface area contributed by atoms with Crippen molar-refractivity contribution in [2.24, 2.45) is 11.8 Å². The van der Waals surface area contributed by atoms with Gasteiger partial charge in [0, 0.05) is 17.5 Å². The molecule has 1 amide bonds. The molecule has 1 saturated carbocycles. The van der Waals surface area contributed by atoms with E-state index in [1.807, 2.05) is 24.3 Å². The fraction of sp³-hybridized carbons (Fsp3) is 0.364. The van der Waals surface area contributed by atoms with Gasteiger partial charge in [0.25, 0.3) is 0 Å². The molecule has 1 aliphatic heterocycles. The van der Waals surface area contributed by atoms with Gasteiger partial charge < -0.3 is 5.32 Å². The fourth-order valence-electron chi connectivity index (χ4n) is 4.92. The molecular weight excluding hydrogens is 344 g/mol. The lowest BCUT2D eigenvalue weighted by molar-refractivity contribution is -0.123. The van der Waals surface area contributed by atoms with Crippen molar-refractivity contribution in [2.45, 2.75) is 31.6 Å². The average molecular weight is 365 g/mol. The highest BCUT2D eigenvalue weighted by molar-refractivity contribution is 6.30. The minimum atomic E-state index is 0.102. The summed E-state index contributed by atoms with van der Waals surface area (Å²) in [5, 5.41) is 13.0. The molecule has 1 saturated heterocycles. The van der Waals surface area contributed by atoms with Gasteiger partial charge in [-0.25, -0.2) is 0 Å². The summed E-state index contributed by atoms with van der Waals surface area (Å²) in [6.07, 6.45) is 1.90. The molecule has 4 unspecified atom stereocenters. The van der Waals surface area contributed by atoms with Gasteiger partial charge in [0.2, 0.25) is 5.91 Å². The summed E-state index contributed by atoms with van der Waals surface area (Å²) in [5.74, 6) is 1.22. The number of benzene rings is 2. The van der Waals surface area contributed by atoms with Gasteiger partial charge in [-0.1, -0.05) is 29.8 Å². The molecule has 4 rings (SSSR count). The van der Waals surface area contributed by atoms with Gasteiger partial charge in [-0.3, -0.25) is 4.79 Å². The normalized spacial score (nSPS) is 27.5. The van der Waals surface area contributed by atoms with Gasteiger partial charge in [-0.2, -0.15) is 5.26 Å². The number of nitrogens with zero attached hydrogens (tertiary/aromatic N) is 1. The molecule has 3 nitrogen and oxygen atoms in total. The molecule has 0 aromatic heterocycles. The first-order chi connectivity index (χ1) is 12.6. The van der Waals surface area contributed by atoms with Gasteiger partial charge in [0.05, 0.1) is 11.6 Å². The molecule has 2 aliphatic rings. The highest BCUT2D eigenvalue weighted by Gasteiger charge is 2.47. The van der Waals surface area contributed by atoms with Crippen LogP contribution in [0.1, 0.15) is 46.9 Å². The van der Waals surface area contributed by atoms with E-state index in [1.54, 1.807) is 0 Å². The first-order valence-corrected chi connectivity index (χ1v) is 9.50. The number of hydrogen-bond donors (Lipinski definition) is 1. The standard InChI is InChI=1S/C22H21ClN2O/c1-13-10-14(11-24)2-7-17(13)18-8-9-19-20(12-25-22(19)26)21(18)15-3-5-16(23)6-4-15/h2-7,10,18-21H,8-9,12H2,1H3,(H,25,26). The Bertz CT molecular complexity index is 884. The molecule has 1 aliphatic carbocycles. The minimum Gasteiger partial charge on any atom is -0.356 e. The van der Waals surface area contributed by atoms with Crippen molar-refractivity contribution in [1.29, 1.82) is 5.26 Å². The lowest BCUT2D eigenvalue weighted by Gasteiger charge is -2.40. The first kappa shape index (κ1) is 17.1. The van der Waals surface area contributed by atoms with Crippen LogP contribution >= 0.6 is 11.6 Å². The van der Waals surface area contributed by atoms with E-state index in [0.717, 1.165) is 30.0 Å². The number of aryl methyl sites for hydroxylation is 1. The number of rotatable bonds is 2. The second-order valence-electron chi connectivity index (χ2n) is 7.46. The van der Waals surface area contributed by atoms with Crippen LogP contribution in [0.3, 0.4) is 0 Å². The molecule has 1 N–H and O–H groups in total. The van der Waals surface area contributed by atoms with E-state index in [-0.39, 0.29) is 17.7 Å². The molecule has 2 aromatic rings. The Balaban J connectivity index is 1.78. The Hall–Kier alpha value is -2.31. The lowest BCUT2D eigenvalue weighted by atomic mass is 9.63. The molecule has 0 radical (unpaired) electrons. The highest BCUT2D eigenvalue weighted by atomic mass is 35.5. The van der Waals surface area contributed by atoms with Crippen LogP contribution in [0.5, 0.6) is 0 Å². The summed E-state index contributed by atoms with van der Waals surface area (Å²) in [6, 6.07) is 16.3. The van der Waals surface area contributed by atoms with Crippen LogP contribution in [0.15, 0.2) is 42.5 Å². The fourth-order valence-corrected chi connectivity index (χ4v) is 5.05. The average Bonchev–Trinajstić information content (AvgIpc) is 3.03. The van der Waals surface area contributed by atoms with Gasteiger partial charge >= 0.3 is 0 Å². The smallest absolute Gasteiger partial charge is 0.223 e. The summed E-state index contributed by atoms with van der Waals surface area (Å²) < 4.78 is 0. The first-order valence-electron chi connectivity index (χ1n) is 9.12. The van der Waals surface area contributed by atoms with Crippen LogP contribution in [0.4, 0.5) is 0 Å². The van der Waals surface area contributed by atoms with Crippen molar-refractivity contribution >= 4 is 17.5 Å². The van der Waals surface area contributed by atoms with Crippen molar-refractivity contribution in [2.75, 3.05) is 6.54 Å². The van der Waals surface area contributed by atoms with E-state index in [4.69, 9.17) is 16.9 Å². The van der Waals surface area contributed by atoms with Crippen molar-refractivity contribution < 1.29 is 4.79 Å². The van der Waals surface area contributed by atoms with E-state index in [1.165, 1.54) is 11.1 Å². The second-order valence-corrected chi connectivity index (χ2v) is 7.90. The maximum absolute atomic E-state index is 12.3. The van der Waals surface area contributed by atoms with Crippen molar-refractivity contribution in [1.82, 2.24) is 5.32 Å².